The van der Waals surface area contributed by atoms with E-state index in [2.05, 4.69) is 18.0 Å². The molecule has 1 aromatic rings. The molecule has 1 saturated heterocycles. The molecule has 0 saturated carbocycles. The summed E-state index contributed by atoms with van der Waals surface area (Å²) in [5.74, 6) is -0.162. The maximum Gasteiger partial charge on any atom is 0.230 e. The highest BCUT2D eigenvalue weighted by molar-refractivity contribution is 7.15. The number of hydrogen-bond donors (Lipinski definition) is 0. The lowest BCUT2D eigenvalue weighted by Crippen LogP contribution is -2.24. The van der Waals surface area contributed by atoms with Crippen molar-refractivity contribution in [1.82, 2.24) is 4.98 Å². The van der Waals surface area contributed by atoms with E-state index in [1.165, 1.54) is 11.3 Å². The Morgan fingerprint density at radius 1 is 1.69 bits per heavy atom. The molecule has 1 aromatic heterocycles. The second-order valence-electron chi connectivity index (χ2n) is 3.89. The lowest BCUT2D eigenvalue weighted by atomic mass is 10.1. The first-order chi connectivity index (χ1) is 7.65. The summed E-state index contributed by atoms with van der Waals surface area (Å²) < 4.78 is 0. The second-order valence-corrected chi connectivity index (χ2v) is 5.07. The molecule has 0 aromatic carbocycles. The Hall–Kier alpha value is -1.41. The van der Waals surface area contributed by atoms with E-state index in [-0.39, 0.29) is 11.8 Å². The van der Waals surface area contributed by atoms with Crippen LogP contribution in [0, 0.1) is 24.2 Å². The number of aromatic nitrogens is 1. The van der Waals surface area contributed by atoms with Crippen molar-refractivity contribution >= 4 is 22.4 Å². The molecule has 1 aliphatic heterocycles. The molecule has 4 nitrogen and oxygen atoms in total. The highest BCUT2D eigenvalue weighted by Gasteiger charge is 2.32. The first-order valence-electron chi connectivity index (χ1n) is 5.32. The monoisotopic (exact) mass is 235 g/mol. The lowest BCUT2D eigenvalue weighted by molar-refractivity contribution is -0.117. The predicted molar refractivity (Wildman–Crippen MR) is 62.3 cm³/mol. The van der Waals surface area contributed by atoms with Crippen LogP contribution in [0.4, 0.5) is 5.13 Å². The molecule has 2 rings (SSSR count). The van der Waals surface area contributed by atoms with Crippen LogP contribution in [0.5, 0.6) is 0 Å². The summed E-state index contributed by atoms with van der Waals surface area (Å²) in [5, 5.41) is 9.56. The summed E-state index contributed by atoms with van der Waals surface area (Å²) >= 11 is 1.54. The molecule has 1 unspecified atom stereocenters. The third-order valence-corrected chi connectivity index (χ3v) is 3.79. The van der Waals surface area contributed by atoms with Crippen molar-refractivity contribution in [3.05, 3.63) is 10.6 Å². The third-order valence-electron chi connectivity index (χ3n) is 2.75. The van der Waals surface area contributed by atoms with Crippen molar-refractivity contribution < 1.29 is 4.79 Å². The van der Waals surface area contributed by atoms with Crippen molar-refractivity contribution in [2.24, 2.45) is 5.92 Å². The van der Waals surface area contributed by atoms with Gasteiger partial charge in [-0.1, -0.05) is 6.92 Å². The fourth-order valence-corrected chi connectivity index (χ4v) is 2.86. The van der Waals surface area contributed by atoms with E-state index in [0.29, 0.717) is 13.0 Å². The Balaban J connectivity index is 2.25. The second kappa shape index (κ2) is 4.22. The number of rotatable bonds is 2. The van der Waals surface area contributed by atoms with Gasteiger partial charge in [0.2, 0.25) is 5.91 Å². The van der Waals surface area contributed by atoms with Gasteiger partial charge in [-0.15, -0.1) is 11.3 Å². The number of anilines is 1. The van der Waals surface area contributed by atoms with E-state index in [9.17, 15) is 4.79 Å². The Morgan fingerprint density at radius 3 is 2.94 bits per heavy atom. The summed E-state index contributed by atoms with van der Waals surface area (Å²) in [7, 11) is 0. The molecule has 2 heterocycles. The summed E-state index contributed by atoms with van der Waals surface area (Å²) in [6.07, 6.45) is 1.21. The number of amides is 1. The van der Waals surface area contributed by atoms with Crippen LogP contribution in [0.25, 0.3) is 0 Å². The number of nitriles is 1. The topological polar surface area (TPSA) is 57.0 Å². The maximum absolute atomic E-state index is 11.7. The Kier molecular flexibility index (Phi) is 2.92. The van der Waals surface area contributed by atoms with Crippen LogP contribution in [0.15, 0.2) is 0 Å². The number of carbonyl (C=O) groups is 1. The molecule has 0 aliphatic carbocycles. The van der Waals surface area contributed by atoms with Crippen LogP contribution in [0.1, 0.15) is 23.9 Å². The first-order valence-corrected chi connectivity index (χ1v) is 6.13. The average molecular weight is 235 g/mol. The number of thiazole rings is 1. The predicted octanol–water partition coefficient (Wildman–Crippen LogP) is 1.89. The molecule has 1 aliphatic rings. The molecule has 1 fully saturated rings. The van der Waals surface area contributed by atoms with E-state index in [1.807, 2.05) is 6.92 Å². The minimum absolute atomic E-state index is 0.0166. The summed E-state index contributed by atoms with van der Waals surface area (Å²) in [6, 6.07) is 2.14. The molecular formula is C11H13N3OS. The SMILES string of the molecule is CCc1nc(N2CC(C#N)CC2=O)sc1C. The van der Waals surface area contributed by atoms with Crippen LogP contribution < -0.4 is 4.90 Å². The van der Waals surface area contributed by atoms with Crippen molar-refractivity contribution in [1.29, 1.82) is 5.26 Å². The maximum atomic E-state index is 11.7. The van der Waals surface area contributed by atoms with Crippen LogP contribution in [-0.4, -0.2) is 17.4 Å². The van der Waals surface area contributed by atoms with Crippen LogP contribution in [-0.2, 0) is 11.2 Å². The number of nitrogens with zero attached hydrogens (tertiary/aromatic N) is 3. The van der Waals surface area contributed by atoms with Crippen molar-refractivity contribution in [3.63, 3.8) is 0 Å². The van der Waals surface area contributed by atoms with Gasteiger partial charge >= 0.3 is 0 Å². The quantitative estimate of drug-likeness (QED) is 0.786. The largest absolute Gasteiger partial charge is 0.287 e. The summed E-state index contributed by atoms with van der Waals surface area (Å²) in [6.45, 7) is 4.56. The highest BCUT2D eigenvalue weighted by Crippen LogP contribution is 2.30. The van der Waals surface area contributed by atoms with Crippen LogP contribution in [0.2, 0.25) is 0 Å². The molecule has 84 valence electrons. The van der Waals surface area contributed by atoms with E-state index < -0.39 is 0 Å². The highest BCUT2D eigenvalue weighted by atomic mass is 32.1. The molecule has 0 radical (unpaired) electrons. The lowest BCUT2D eigenvalue weighted by Gasteiger charge is -2.10. The normalized spacial score (nSPS) is 20.2. The van der Waals surface area contributed by atoms with Gasteiger partial charge in [-0.05, 0) is 13.3 Å². The zero-order valence-electron chi connectivity index (χ0n) is 9.36. The Bertz CT molecular complexity index is 460. The zero-order chi connectivity index (χ0) is 11.7. The van der Waals surface area contributed by atoms with Gasteiger partial charge in [0.05, 0.1) is 17.7 Å². The van der Waals surface area contributed by atoms with Gasteiger partial charge in [0.25, 0.3) is 0 Å². The van der Waals surface area contributed by atoms with Gasteiger partial charge in [-0.25, -0.2) is 4.98 Å². The molecule has 5 heteroatoms. The fraction of sp³-hybridized carbons (Fsp3) is 0.545. The number of carbonyl (C=O) groups excluding carboxylic acids is 1. The Morgan fingerprint density at radius 2 is 2.44 bits per heavy atom. The van der Waals surface area contributed by atoms with Crippen LogP contribution >= 0.6 is 11.3 Å². The van der Waals surface area contributed by atoms with Gasteiger partial charge in [-0.3, -0.25) is 9.69 Å². The fourth-order valence-electron chi connectivity index (χ4n) is 1.84. The van der Waals surface area contributed by atoms with Gasteiger partial charge in [0.1, 0.15) is 0 Å². The van der Waals surface area contributed by atoms with E-state index in [1.54, 1.807) is 4.90 Å². The van der Waals surface area contributed by atoms with Gasteiger partial charge in [0, 0.05) is 17.8 Å². The molecular weight excluding hydrogens is 222 g/mol. The van der Waals surface area contributed by atoms with Gasteiger partial charge < -0.3 is 0 Å². The van der Waals surface area contributed by atoms with E-state index in [4.69, 9.17) is 5.26 Å². The molecule has 16 heavy (non-hydrogen) atoms. The van der Waals surface area contributed by atoms with Gasteiger partial charge in [-0.2, -0.15) is 5.26 Å². The minimum atomic E-state index is -0.179. The Labute approximate surface area is 98.5 Å². The van der Waals surface area contributed by atoms with Crippen molar-refractivity contribution in [3.8, 4) is 6.07 Å². The zero-order valence-corrected chi connectivity index (χ0v) is 10.2. The first kappa shape index (κ1) is 11.1. The summed E-state index contributed by atoms with van der Waals surface area (Å²) in [4.78, 5) is 18.9. The standard InChI is InChI=1S/C11H13N3OS/c1-3-9-7(2)16-11(13-9)14-6-8(5-12)4-10(14)15/h8H,3-4,6H2,1-2H3. The smallest absolute Gasteiger partial charge is 0.230 e. The van der Waals surface area contributed by atoms with Crippen molar-refractivity contribution in [2.75, 3.05) is 11.4 Å². The molecule has 0 bridgehead atoms. The van der Waals surface area contributed by atoms with E-state index in [0.717, 1.165) is 22.1 Å². The average Bonchev–Trinajstić information content (AvgIpc) is 2.81. The molecule has 1 amide bonds. The third kappa shape index (κ3) is 1.81. The minimum Gasteiger partial charge on any atom is -0.287 e. The van der Waals surface area contributed by atoms with Crippen molar-refractivity contribution in [2.45, 2.75) is 26.7 Å². The molecule has 1 atom stereocenters. The van der Waals surface area contributed by atoms with Crippen LogP contribution in [0.3, 0.4) is 0 Å². The van der Waals surface area contributed by atoms with Gasteiger partial charge in [0.15, 0.2) is 5.13 Å². The number of aryl methyl sites for hydroxylation is 2. The molecule has 0 spiro atoms. The molecule has 0 N–H and O–H groups in total. The number of hydrogen-bond acceptors (Lipinski definition) is 4. The summed E-state index contributed by atoms with van der Waals surface area (Å²) in [5.41, 5.74) is 1.05. The van der Waals surface area contributed by atoms with E-state index >= 15 is 0 Å².